The molecule has 4 rings (SSSR count). The Balaban J connectivity index is 1.81. The number of alkyl halides is 3. The Morgan fingerprint density at radius 3 is 2.40 bits per heavy atom. The van der Waals surface area contributed by atoms with Gasteiger partial charge in [-0.3, -0.25) is 9.36 Å². The molecule has 8 nitrogen and oxygen atoms in total. The predicted molar refractivity (Wildman–Crippen MR) is 115 cm³/mol. The van der Waals surface area contributed by atoms with Crippen LogP contribution in [0.25, 0.3) is 11.1 Å². The molecule has 0 saturated heterocycles. The summed E-state index contributed by atoms with van der Waals surface area (Å²) < 4.78 is 61.9. The molecule has 0 spiro atoms. The van der Waals surface area contributed by atoms with Crippen molar-refractivity contribution in [2.24, 2.45) is 7.05 Å². The van der Waals surface area contributed by atoms with Gasteiger partial charge in [-0.05, 0) is 47.5 Å². The number of ether oxygens (including phenoxy) is 1. The molecule has 2 aromatic carbocycles. The van der Waals surface area contributed by atoms with Crippen LogP contribution in [-0.4, -0.2) is 19.3 Å². The van der Waals surface area contributed by atoms with Gasteiger partial charge in [0.1, 0.15) is 17.1 Å². The van der Waals surface area contributed by atoms with E-state index in [1.165, 1.54) is 49.5 Å². The second-order valence-electron chi connectivity index (χ2n) is 7.46. The average molecular weight is 485 g/mol. The van der Waals surface area contributed by atoms with E-state index < -0.39 is 34.6 Å². The summed E-state index contributed by atoms with van der Waals surface area (Å²) in [6, 6.07) is 11.8. The predicted octanol–water partition coefficient (Wildman–Crippen LogP) is 3.81. The summed E-state index contributed by atoms with van der Waals surface area (Å²) in [6.07, 6.45) is -3.99. The number of halogens is 4. The van der Waals surface area contributed by atoms with Crippen LogP contribution in [0.3, 0.4) is 0 Å². The molecule has 0 aliphatic rings. The first-order valence-electron chi connectivity index (χ1n) is 9.96. The zero-order valence-electron chi connectivity index (χ0n) is 17.9. The Hall–Kier alpha value is -4.66. The molecule has 0 atom stereocenters. The van der Waals surface area contributed by atoms with Crippen LogP contribution in [0.5, 0.6) is 11.5 Å². The lowest BCUT2D eigenvalue weighted by Gasteiger charge is -2.16. The number of pyridine rings is 1. The standard InChI is InChI=1S/C23H15F4N5O3/c1-31-19(29-30-22(31)34)12-32-7-6-18(23(25,26)27)20(21(32)33)35-17-9-13(11-28)8-15(10-17)14-2-4-16(24)5-3-14/h2-10H,12H2,1H3,(H,30,34). The first kappa shape index (κ1) is 23.5. The summed E-state index contributed by atoms with van der Waals surface area (Å²) in [4.78, 5) is 24.6. The Kier molecular flexibility index (Phi) is 6.00. The van der Waals surface area contributed by atoms with E-state index >= 15 is 0 Å². The molecule has 0 fully saturated rings. The van der Waals surface area contributed by atoms with E-state index in [9.17, 15) is 32.4 Å². The fraction of sp³-hybridized carbons (Fsp3) is 0.130. The van der Waals surface area contributed by atoms with E-state index in [0.717, 1.165) is 15.3 Å². The summed E-state index contributed by atoms with van der Waals surface area (Å²) in [6.45, 7) is -0.304. The largest absolute Gasteiger partial charge is 0.451 e. The zero-order valence-corrected chi connectivity index (χ0v) is 17.9. The van der Waals surface area contributed by atoms with Crippen molar-refractivity contribution in [1.29, 1.82) is 5.26 Å². The third-order valence-corrected chi connectivity index (χ3v) is 5.14. The molecule has 0 radical (unpaired) electrons. The minimum absolute atomic E-state index is 0.0539. The molecule has 0 unspecified atom stereocenters. The summed E-state index contributed by atoms with van der Waals surface area (Å²) in [5, 5.41) is 15.3. The van der Waals surface area contributed by atoms with E-state index in [0.29, 0.717) is 17.2 Å². The van der Waals surface area contributed by atoms with Gasteiger partial charge in [-0.2, -0.15) is 23.5 Å². The van der Waals surface area contributed by atoms with E-state index in [4.69, 9.17) is 4.74 Å². The van der Waals surface area contributed by atoms with Gasteiger partial charge in [0, 0.05) is 13.2 Å². The molecular formula is C23H15F4N5O3. The Bertz CT molecular complexity index is 1560. The number of nitrogens with zero attached hydrogens (tertiary/aromatic N) is 4. The van der Waals surface area contributed by atoms with Crippen molar-refractivity contribution in [3.05, 3.63) is 98.3 Å². The number of nitrogens with one attached hydrogen (secondary N) is 1. The number of benzene rings is 2. The molecule has 0 amide bonds. The third-order valence-electron chi connectivity index (χ3n) is 5.14. The van der Waals surface area contributed by atoms with Crippen LogP contribution >= 0.6 is 0 Å². The Labute approximate surface area is 194 Å². The molecule has 2 aromatic heterocycles. The van der Waals surface area contributed by atoms with Gasteiger partial charge in [0.2, 0.25) is 5.75 Å². The molecule has 0 aliphatic carbocycles. The van der Waals surface area contributed by atoms with Gasteiger partial charge in [-0.15, -0.1) is 0 Å². The SMILES string of the molecule is Cn1c(Cn2ccc(C(F)(F)F)c(Oc3cc(C#N)cc(-c4ccc(F)cc4)c3)c2=O)n[nH]c1=O. The maximum atomic E-state index is 13.7. The molecule has 4 aromatic rings. The highest BCUT2D eigenvalue weighted by atomic mass is 19.4. The summed E-state index contributed by atoms with van der Waals surface area (Å²) in [5.74, 6) is -1.60. The normalized spacial score (nSPS) is 11.3. The number of hydrogen-bond donors (Lipinski definition) is 1. The van der Waals surface area contributed by atoms with Crippen LogP contribution in [0.2, 0.25) is 0 Å². The van der Waals surface area contributed by atoms with Crippen LogP contribution < -0.4 is 16.0 Å². The van der Waals surface area contributed by atoms with Crippen LogP contribution in [0.15, 0.2) is 64.3 Å². The average Bonchev–Trinajstić information content (AvgIpc) is 3.13. The van der Waals surface area contributed by atoms with Gasteiger partial charge >= 0.3 is 11.9 Å². The van der Waals surface area contributed by atoms with Crippen molar-refractivity contribution >= 4 is 0 Å². The third kappa shape index (κ3) is 4.84. The van der Waals surface area contributed by atoms with E-state index in [1.54, 1.807) is 0 Å². The lowest BCUT2D eigenvalue weighted by Crippen LogP contribution is -2.26. The minimum Gasteiger partial charge on any atom is -0.451 e. The number of rotatable bonds is 5. The number of nitriles is 1. The van der Waals surface area contributed by atoms with Crippen molar-refractivity contribution in [2.45, 2.75) is 12.7 Å². The van der Waals surface area contributed by atoms with Crippen molar-refractivity contribution in [1.82, 2.24) is 19.3 Å². The molecule has 12 heteroatoms. The van der Waals surface area contributed by atoms with Crippen molar-refractivity contribution in [3.63, 3.8) is 0 Å². The number of aromatic amines is 1. The Morgan fingerprint density at radius 1 is 1.09 bits per heavy atom. The zero-order chi connectivity index (χ0) is 25.3. The Morgan fingerprint density at radius 2 is 1.80 bits per heavy atom. The fourth-order valence-corrected chi connectivity index (χ4v) is 3.32. The molecule has 0 saturated carbocycles. The number of hydrogen-bond acceptors (Lipinski definition) is 5. The molecule has 35 heavy (non-hydrogen) atoms. The van der Waals surface area contributed by atoms with Gasteiger partial charge in [0.15, 0.2) is 5.82 Å². The lowest BCUT2D eigenvalue weighted by atomic mass is 10.0. The molecule has 0 aliphatic heterocycles. The first-order valence-corrected chi connectivity index (χ1v) is 9.96. The van der Waals surface area contributed by atoms with Crippen LogP contribution in [0.4, 0.5) is 17.6 Å². The summed E-state index contributed by atoms with van der Waals surface area (Å²) >= 11 is 0. The fourth-order valence-electron chi connectivity index (χ4n) is 3.32. The molecule has 1 N–H and O–H groups in total. The molecular weight excluding hydrogens is 470 g/mol. The second kappa shape index (κ2) is 8.94. The minimum atomic E-state index is -4.92. The highest BCUT2D eigenvalue weighted by molar-refractivity contribution is 5.67. The van der Waals surface area contributed by atoms with Gasteiger partial charge in [0.25, 0.3) is 5.56 Å². The smallest absolute Gasteiger partial charge is 0.420 e. The van der Waals surface area contributed by atoms with Crippen LogP contribution in [0.1, 0.15) is 17.0 Å². The molecule has 178 valence electrons. The van der Waals surface area contributed by atoms with E-state index in [-0.39, 0.29) is 23.7 Å². The summed E-state index contributed by atoms with van der Waals surface area (Å²) in [5.41, 5.74) is -2.10. The van der Waals surface area contributed by atoms with E-state index in [1.807, 2.05) is 6.07 Å². The van der Waals surface area contributed by atoms with Crippen LogP contribution in [-0.2, 0) is 19.8 Å². The van der Waals surface area contributed by atoms with Gasteiger partial charge in [-0.1, -0.05) is 12.1 Å². The monoisotopic (exact) mass is 485 g/mol. The van der Waals surface area contributed by atoms with Gasteiger partial charge in [0.05, 0.1) is 18.2 Å². The van der Waals surface area contributed by atoms with Crippen molar-refractivity contribution in [2.75, 3.05) is 0 Å². The van der Waals surface area contributed by atoms with Crippen molar-refractivity contribution < 1.29 is 22.3 Å². The van der Waals surface area contributed by atoms with E-state index in [2.05, 4.69) is 10.2 Å². The second-order valence-corrected chi connectivity index (χ2v) is 7.46. The van der Waals surface area contributed by atoms with Crippen LogP contribution in [0, 0.1) is 17.1 Å². The molecule has 0 bridgehead atoms. The quantitative estimate of drug-likeness (QED) is 0.433. The van der Waals surface area contributed by atoms with Crippen molar-refractivity contribution in [3.8, 4) is 28.7 Å². The first-order chi connectivity index (χ1) is 16.6. The highest BCUT2D eigenvalue weighted by Crippen LogP contribution is 2.37. The summed E-state index contributed by atoms with van der Waals surface area (Å²) in [7, 11) is 1.39. The lowest BCUT2D eigenvalue weighted by molar-refractivity contribution is -0.138. The topological polar surface area (TPSA) is 106 Å². The number of H-pyrrole nitrogens is 1. The van der Waals surface area contributed by atoms with Gasteiger partial charge < -0.3 is 9.30 Å². The molecule has 2 heterocycles. The maximum Gasteiger partial charge on any atom is 0.420 e. The highest BCUT2D eigenvalue weighted by Gasteiger charge is 2.36. The van der Waals surface area contributed by atoms with Gasteiger partial charge in [-0.25, -0.2) is 14.3 Å². The maximum absolute atomic E-state index is 13.7. The number of aromatic nitrogens is 4.